The molecule has 0 atom stereocenters. The van der Waals surface area contributed by atoms with Gasteiger partial charge in [-0.05, 0) is 34.7 Å². The summed E-state index contributed by atoms with van der Waals surface area (Å²) in [5, 5.41) is 9.19. The van der Waals surface area contributed by atoms with Crippen LogP contribution in [0.25, 0.3) is 6.08 Å². The molecule has 0 fully saturated rings. The second kappa shape index (κ2) is 5.95. The Hall–Kier alpha value is -2.37. The molecule has 0 saturated carbocycles. The minimum atomic E-state index is 0.781. The summed E-state index contributed by atoms with van der Waals surface area (Å²) in [7, 11) is 0. The van der Waals surface area contributed by atoms with E-state index in [4.69, 9.17) is 0 Å². The molecule has 1 heterocycles. The number of benzene rings is 2. The largest absolute Gasteiger partial charge is 0.294 e. The van der Waals surface area contributed by atoms with E-state index in [9.17, 15) is 5.26 Å². The van der Waals surface area contributed by atoms with Crippen LogP contribution in [-0.2, 0) is 19.5 Å². The van der Waals surface area contributed by atoms with Gasteiger partial charge in [-0.25, -0.2) is 0 Å². The van der Waals surface area contributed by atoms with Crippen molar-refractivity contribution in [2.45, 2.75) is 19.5 Å². The second-order valence-electron chi connectivity index (χ2n) is 5.42. The molecular formula is C19H18N2. The molecule has 1 aliphatic heterocycles. The summed E-state index contributed by atoms with van der Waals surface area (Å²) in [6, 6.07) is 16.6. The SMILES string of the molecule is C=Cc1cccc2c1CCN(Cc1ccccc1C#N)C2. The predicted octanol–water partition coefficient (Wildman–Crippen LogP) is 3.76. The standard InChI is InChI=1S/C19H18N2/c1-2-15-8-5-9-18-14-21(11-10-19(15)18)13-17-7-4-3-6-16(17)12-20/h2-9H,1,10-11,13-14H2. The summed E-state index contributed by atoms with van der Waals surface area (Å²) < 4.78 is 0. The molecule has 0 radical (unpaired) electrons. The number of hydrogen-bond donors (Lipinski definition) is 0. The van der Waals surface area contributed by atoms with Gasteiger partial charge >= 0.3 is 0 Å². The Labute approximate surface area is 126 Å². The summed E-state index contributed by atoms with van der Waals surface area (Å²) in [6.45, 7) is 6.70. The zero-order valence-electron chi connectivity index (χ0n) is 12.0. The summed E-state index contributed by atoms with van der Waals surface area (Å²) >= 11 is 0. The molecule has 104 valence electrons. The monoisotopic (exact) mass is 274 g/mol. The minimum absolute atomic E-state index is 0.781. The molecule has 1 aliphatic rings. The van der Waals surface area contributed by atoms with E-state index in [1.807, 2.05) is 30.3 Å². The Morgan fingerprint density at radius 3 is 2.86 bits per heavy atom. The average Bonchev–Trinajstić information content (AvgIpc) is 2.54. The van der Waals surface area contributed by atoms with Gasteiger partial charge in [-0.3, -0.25) is 4.90 Å². The Kier molecular flexibility index (Phi) is 3.85. The fourth-order valence-electron chi connectivity index (χ4n) is 3.03. The first-order chi connectivity index (χ1) is 10.3. The maximum atomic E-state index is 9.19. The lowest BCUT2D eigenvalue weighted by atomic mass is 9.94. The first-order valence-electron chi connectivity index (χ1n) is 7.25. The van der Waals surface area contributed by atoms with Crippen LogP contribution in [0.5, 0.6) is 0 Å². The smallest absolute Gasteiger partial charge is 0.0995 e. The van der Waals surface area contributed by atoms with Gasteiger partial charge in [-0.1, -0.05) is 49.1 Å². The maximum absolute atomic E-state index is 9.19. The Morgan fingerprint density at radius 1 is 1.19 bits per heavy atom. The van der Waals surface area contributed by atoms with Crippen molar-refractivity contribution >= 4 is 6.08 Å². The van der Waals surface area contributed by atoms with Gasteiger partial charge in [0.25, 0.3) is 0 Å². The summed E-state index contributed by atoms with van der Waals surface area (Å²) in [6.07, 6.45) is 2.99. The van der Waals surface area contributed by atoms with Crippen LogP contribution in [0.4, 0.5) is 0 Å². The van der Waals surface area contributed by atoms with Gasteiger partial charge < -0.3 is 0 Å². The summed E-state index contributed by atoms with van der Waals surface area (Å²) in [5.74, 6) is 0. The minimum Gasteiger partial charge on any atom is -0.294 e. The highest BCUT2D eigenvalue weighted by Gasteiger charge is 2.18. The van der Waals surface area contributed by atoms with E-state index in [2.05, 4.69) is 35.7 Å². The molecule has 0 bridgehead atoms. The third-order valence-corrected chi connectivity index (χ3v) is 4.13. The van der Waals surface area contributed by atoms with E-state index < -0.39 is 0 Å². The van der Waals surface area contributed by atoms with Crippen LogP contribution >= 0.6 is 0 Å². The fraction of sp³-hybridized carbons (Fsp3) is 0.211. The van der Waals surface area contributed by atoms with Gasteiger partial charge in [0.2, 0.25) is 0 Å². The highest BCUT2D eigenvalue weighted by molar-refractivity contribution is 5.55. The Morgan fingerprint density at radius 2 is 2.05 bits per heavy atom. The molecule has 0 aliphatic carbocycles. The highest BCUT2D eigenvalue weighted by atomic mass is 15.1. The third kappa shape index (κ3) is 2.74. The van der Waals surface area contributed by atoms with Crippen LogP contribution < -0.4 is 0 Å². The molecule has 2 nitrogen and oxygen atoms in total. The van der Waals surface area contributed by atoms with E-state index in [1.54, 1.807) is 0 Å². The molecule has 0 saturated heterocycles. The number of nitrogens with zero attached hydrogens (tertiary/aromatic N) is 2. The number of nitriles is 1. The van der Waals surface area contributed by atoms with Crippen molar-refractivity contribution in [1.82, 2.24) is 4.90 Å². The molecule has 2 heteroatoms. The van der Waals surface area contributed by atoms with Crippen LogP contribution in [0.2, 0.25) is 0 Å². The van der Waals surface area contributed by atoms with Crippen LogP contribution in [0.15, 0.2) is 49.0 Å². The topological polar surface area (TPSA) is 27.0 Å². The number of rotatable bonds is 3. The van der Waals surface area contributed by atoms with E-state index in [1.165, 1.54) is 16.7 Å². The summed E-state index contributed by atoms with van der Waals surface area (Å²) in [5.41, 5.74) is 5.96. The Bertz CT molecular complexity index is 710. The predicted molar refractivity (Wildman–Crippen MR) is 85.5 cm³/mol. The average molecular weight is 274 g/mol. The van der Waals surface area contributed by atoms with Gasteiger partial charge in [-0.2, -0.15) is 5.26 Å². The van der Waals surface area contributed by atoms with Crippen molar-refractivity contribution in [2.75, 3.05) is 6.54 Å². The molecule has 2 aromatic rings. The number of fused-ring (bicyclic) bond motifs is 1. The number of hydrogen-bond acceptors (Lipinski definition) is 2. The normalized spacial score (nSPS) is 14.2. The molecule has 0 spiro atoms. The molecule has 0 N–H and O–H groups in total. The van der Waals surface area contributed by atoms with Crippen molar-refractivity contribution in [1.29, 1.82) is 5.26 Å². The lowest BCUT2D eigenvalue weighted by molar-refractivity contribution is 0.245. The molecule has 21 heavy (non-hydrogen) atoms. The van der Waals surface area contributed by atoms with Crippen molar-refractivity contribution in [2.24, 2.45) is 0 Å². The second-order valence-corrected chi connectivity index (χ2v) is 5.42. The van der Waals surface area contributed by atoms with Crippen molar-refractivity contribution in [3.05, 3.63) is 76.9 Å². The maximum Gasteiger partial charge on any atom is 0.0995 e. The van der Waals surface area contributed by atoms with Gasteiger partial charge in [0.15, 0.2) is 0 Å². The molecule has 3 rings (SSSR count). The zero-order valence-corrected chi connectivity index (χ0v) is 12.0. The quantitative estimate of drug-likeness (QED) is 0.852. The highest BCUT2D eigenvalue weighted by Crippen LogP contribution is 2.24. The van der Waals surface area contributed by atoms with E-state index in [0.717, 1.165) is 37.2 Å². The molecule has 0 unspecified atom stereocenters. The van der Waals surface area contributed by atoms with Gasteiger partial charge in [-0.15, -0.1) is 0 Å². The molecular weight excluding hydrogens is 256 g/mol. The lowest BCUT2D eigenvalue weighted by Crippen LogP contribution is -2.30. The zero-order chi connectivity index (χ0) is 14.7. The first-order valence-corrected chi connectivity index (χ1v) is 7.25. The van der Waals surface area contributed by atoms with Crippen LogP contribution in [0.3, 0.4) is 0 Å². The summed E-state index contributed by atoms with van der Waals surface area (Å²) in [4.78, 5) is 2.41. The molecule has 0 aromatic heterocycles. The lowest BCUT2D eigenvalue weighted by Gasteiger charge is -2.30. The molecule has 0 amide bonds. The first kappa shape index (κ1) is 13.6. The van der Waals surface area contributed by atoms with Crippen molar-refractivity contribution in [3.63, 3.8) is 0 Å². The Balaban J connectivity index is 1.81. The van der Waals surface area contributed by atoms with Crippen LogP contribution in [-0.4, -0.2) is 11.4 Å². The van der Waals surface area contributed by atoms with E-state index >= 15 is 0 Å². The van der Waals surface area contributed by atoms with Crippen molar-refractivity contribution < 1.29 is 0 Å². The van der Waals surface area contributed by atoms with Crippen LogP contribution in [0, 0.1) is 11.3 Å². The third-order valence-electron chi connectivity index (χ3n) is 4.13. The van der Waals surface area contributed by atoms with Gasteiger partial charge in [0, 0.05) is 19.6 Å². The van der Waals surface area contributed by atoms with Gasteiger partial charge in [0.05, 0.1) is 11.6 Å². The van der Waals surface area contributed by atoms with Crippen molar-refractivity contribution in [3.8, 4) is 6.07 Å². The fourth-order valence-corrected chi connectivity index (χ4v) is 3.03. The van der Waals surface area contributed by atoms with Gasteiger partial charge in [0.1, 0.15) is 0 Å². The van der Waals surface area contributed by atoms with E-state index in [-0.39, 0.29) is 0 Å². The van der Waals surface area contributed by atoms with Crippen LogP contribution in [0.1, 0.15) is 27.8 Å². The molecule has 2 aromatic carbocycles. The van der Waals surface area contributed by atoms with E-state index in [0.29, 0.717) is 0 Å².